The van der Waals surface area contributed by atoms with Gasteiger partial charge < -0.3 is 14.4 Å². The van der Waals surface area contributed by atoms with Gasteiger partial charge in [-0.2, -0.15) is 0 Å². The van der Waals surface area contributed by atoms with Gasteiger partial charge in [0.2, 0.25) is 0 Å². The normalized spacial score (nSPS) is 11.4. The van der Waals surface area contributed by atoms with Gasteiger partial charge in [0.15, 0.2) is 0 Å². The van der Waals surface area contributed by atoms with Crippen LogP contribution < -0.4 is 5.32 Å². The molecule has 0 saturated heterocycles. The Balaban J connectivity index is 2.27. The molecule has 0 aliphatic carbocycles. The molecule has 2 N–H and O–H groups in total. The number of carbonyl (C=O) groups excluding carboxylic acids is 1. The quantitative estimate of drug-likeness (QED) is 0.910. The highest BCUT2D eigenvalue weighted by Gasteiger charge is 2.17. The van der Waals surface area contributed by atoms with E-state index in [1.807, 2.05) is 0 Å². The zero-order valence-electron chi connectivity index (χ0n) is 12.2. The van der Waals surface area contributed by atoms with Crippen LogP contribution in [-0.4, -0.2) is 27.3 Å². The summed E-state index contributed by atoms with van der Waals surface area (Å²) in [5, 5.41) is 12.3. The molecule has 0 unspecified atom stereocenters. The van der Waals surface area contributed by atoms with E-state index in [2.05, 4.69) is 5.32 Å². The average Bonchev–Trinajstić information content (AvgIpc) is 2.70. The van der Waals surface area contributed by atoms with Gasteiger partial charge in [-0.05, 0) is 39.0 Å². The minimum absolute atomic E-state index is 0.126. The summed E-state index contributed by atoms with van der Waals surface area (Å²) in [4.78, 5) is 22.6. The van der Waals surface area contributed by atoms with Crippen molar-refractivity contribution >= 4 is 28.7 Å². The van der Waals surface area contributed by atoms with Gasteiger partial charge in [-0.1, -0.05) is 6.07 Å². The van der Waals surface area contributed by atoms with Crippen LogP contribution in [0.1, 0.15) is 20.8 Å². The minimum atomic E-state index is -0.919. The van der Waals surface area contributed by atoms with E-state index in [0.29, 0.717) is 5.69 Å². The number of nitrogens with one attached hydrogen (secondary N) is 1. The third-order valence-electron chi connectivity index (χ3n) is 2.75. The van der Waals surface area contributed by atoms with Crippen LogP contribution in [0.25, 0.3) is 10.9 Å². The van der Waals surface area contributed by atoms with Crippen LogP contribution in [0, 0.1) is 0 Å². The topological polar surface area (TPSA) is 80.6 Å². The molecule has 2 aromatic rings. The van der Waals surface area contributed by atoms with Crippen molar-refractivity contribution in [3.63, 3.8) is 0 Å². The number of anilines is 1. The van der Waals surface area contributed by atoms with Gasteiger partial charge in [0.25, 0.3) is 0 Å². The number of amides is 1. The van der Waals surface area contributed by atoms with Crippen molar-refractivity contribution in [2.75, 3.05) is 5.32 Å². The fourth-order valence-electron chi connectivity index (χ4n) is 2.03. The lowest BCUT2D eigenvalue weighted by atomic mass is 10.2. The van der Waals surface area contributed by atoms with E-state index >= 15 is 0 Å². The van der Waals surface area contributed by atoms with E-state index in [0.717, 1.165) is 10.9 Å². The minimum Gasteiger partial charge on any atom is -0.480 e. The van der Waals surface area contributed by atoms with Crippen LogP contribution in [0.3, 0.4) is 0 Å². The molecule has 0 atom stereocenters. The highest BCUT2D eigenvalue weighted by molar-refractivity contribution is 5.99. The molecule has 21 heavy (non-hydrogen) atoms. The Morgan fingerprint density at radius 2 is 2.00 bits per heavy atom. The number of nitrogens with zero attached hydrogens (tertiary/aromatic N) is 1. The number of rotatable bonds is 3. The molecular formula is C15H18N2O4. The van der Waals surface area contributed by atoms with Gasteiger partial charge in [-0.25, -0.2) is 4.79 Å². The summed E-state index contributed by atoms with van der Waals surface area (Å²) < 4.78 is 6.82. The molecule has 1 aromatic carbocycles. The van der Waals surface area contributed by atoms with Crippen molar-refractivity contribution < 1.29 is 19.4 Å². The lowest BCUT2D eigenvalue weighted by Gasteiger charge is -2.19. The first-order chi connectivity index (χ1) is 9.76. The van der Waals surface area contributed by atoms with Crippen molar-refractivity contribution in [1.29, 1.82) is 0 Å². The number of ether oxygens (including phenoxy) is 1. The van der Waals surface area contributed by atoms with Crippen LogP contribution in [-0.2, 0) is 16.1 Å². The van der Waals surface area contributed by atoms with Crippen molar-refractivity contribution in [2.24, 2.45) is 0 Å². The number of carbonyl (C=O) groups is 2. The molecule has 0 aliphatic rings. The maximum absolute atomic E-state index is 11.8. The molecule has 6 nitrogen and oxygen atoms in total. The van der Waals surface area contributed by atoms with E-state index in [1.54, 1.807) is 55.8 Å². The Morgan fingerprint density at radius 1 is 1.29 bits per heavy atom. The van der Waals surface area contributed by atoms with E-state index in [1.165, 1.54) is 0 Å². The zero-order valence-corrected chi connectivity index (χ0v) is 12.2. The Morgan fingerprint density at radius 3 is 2.62 bits per heavy atom. The number of hydrogen-bond acceptors (Lipinski definition) is 3. The Bertz CT molecular complexity index is 683. The molecule has 112 valence electrons. The lowest BCUT2D eigenvalue weighted by Crippen LogP contribution is -2.27. The van der Waals surface area contributed by atoms with E-state index in [4.69, 9.17) is 9.84 Å². The second-order valence-corrected chi connectivity index (χ2v) is 5.70. The second kappa shape index (κ2) is 5.47. The number of aromatic nitrogens is 1. The fraction of sp³-hybridized carbons (Fsp3) is 0.333. The first kappa shape index (κ1) is 14.9. The summed E-state index contributed by atoms with van der Waals surface area (Å²) >= 11 is 0. The predicted octanol–water partition coefficient (Wildman–Crippen LogP) is 3.07. The molecule has 0 fully saturated rings. The third-order valence-corrected chi connectivity index (χ3v) is 2.75. The maximum Gasteiger partial charge on any atom is 0.412 e. The summed E-state index contributed by atoms with van der Waals surface area (Å²) in [5.74, 6) is -0.919. The van der Waals surface area contributed by atoms with Gasteiger partial charge in [0.05, 0.1) is 11.2 Å². The molecule has 0 spiro atoms. The number of carboxylic acids is 1. The molecule has 0 aliphatic heterocycles. The maximum atomic E-state index is 11.8. The molecule has 1 aromatic heterocycles. The van der Waals surface area contributed by atoms with Crippen LogP contribution in [0.4, 0.5) is 10.5 Å². The summed E-state index contributed by atoms with van der Waals surface area (Å²) in [7, 11) is 0. The summed E-state index contributed by atoms with van der Waals surface area (Å²) in [6.07, 6.45) is 1.14. The highest BCUT2D eigenvalue weighted by Crippen LogP contribution is 2.25. The Hall–Kier alpha value is -2.50. The molecule has 0 saturated carbocycles. The monoisotopic (exact) mass is 290 g/mol. The summed E-state index contributed by atoms with van der Waals surface area (Å²) in [5.41, 5.74) is 0.754. The first-order valence-electron chi connectivity index (χ1n) is 6.56. The van der Waals surface area contributed by atoms with Crippen LogP contribution in [0.15, 0.2) is 30.5 Å². The molecule has 1 heterocycles. The number of fused-ring (bicyclic) bond motifs is 1. The highest BCUT2D eigenvalue weighted by atomic mass is 16.6. The fourth-order valence-corrected chi connectivity index (χ4v) is 2.03. The van der Waals surface area contributed by atoms with E-state index < -0.39 is 17.7 Å². The Labute approximate surface area is 122 Å². The summed E-state index contributed by atoms with van der Waals surface area (Å²) in [6.45, 7) is 5.24. The first-order valence-corrected chi connectivity index (χ1v) is 6.56. The molecule has 6 heteroatoms. The van der Waals surface area contributed by atoms with Crippen LogP contribution >= 0.6 is 0 Å². The van der Waals surface area contributed by atoms with Gasteiger partial charge >= 0.3 is 12.1 Å². The number of hydrogen-bond donors (Lipinski definition) is 2. The number of benzene rings is 1. The molecular weight excluding hydrogens is 272 g/mol. The SMILES string of the molecule is CC(C)(C)OC(=O)Nc1cccc2c1ccn2CC(=O)O. The average molecular weight is 290 g/mol. The standard InChI is InChI=1S/C15H18N2O4/c1-15(2,3)21-14(20)16-11-5-4-6-12-10(11)7-8-17(12)9-13(18)19/h4-8H,9H2,1-3H3,(H,16,20)(H,18,19). The van der Waals surface area contributed by atoms with Crippen molar-refractivity contribution in [1.82, 2.24) is 4.57 Å². The zero-order chi connectivity index (χ0) is 15.6. The predicted molar refractivity (Wildman–Crippen MR) is 79.4 cm³/mol. The van der Waals surface area contributed by atoms with Gasteiger partial charge in [0.1, 0.15) is 12.1 Å². The lowest BCUT2D eigenvalue weighted by molar-refractivity contribution is -0.137. The van der Waals surface area contributed by atoms with Gasteiger partial charge in [-0.3, -0.25) is 10.1 Å². The van der Waals surface area contributed by atoms with Crippen LogP contribution in [0.5, 0.6) is 0 Å². The van der Waals surface area contributed by atoms with E-state index in [-0.39, 0.29) is 6.54 Å². The Kier molecular flexibility index (Phi) is 3.88. The van der Waals surface area contributed by atoms with Gasteiger partial charge in [-0.15, -0.1) is 0 Å². The van der Waals surface area contributed by atoms with Crippen molar-refractivity contribution in [2.45, 2.75) is 32.9 Å². The van der Waals surface area contributed by atoms with Crippen molar-refractivity contribution in [3.8, 4) is 0 Å². The van der Waals surface area contributed by atoms with E-state index in [9.17, 15) is 9.59 Å². The number of aliphatic carboxylic acids is 1. The number of carboxylic acid groups (broad SMARTS) is 1. The second-order valence-electron chi connectivity index (χ2n) is 5.70. The largest absolute Gasteiger partial charge is 0.480 e. The molecule has 0 radical (unpaired) electrons. The molecule has 2 rings (SSSR count). The third kappa shape index (κ3) is 3.75. The molecule has 1 amide bonds. The van der Waals surface area contributed by atoms with Gasteiger partial charge in [0, 0.05) is 11.6 Å². The van der Waals surface area contributed by atoms with Crippen LogP contribution in [0.2, 0.25) is 0 Å². The smallest absolute Gasteiger partial charge is 0.412 e. The summed E-state index contributed by atoms with van der Waals surface area (Å²) in [6, 6.07) is 7.08. The molecule has 0 bridgehead atoms. The van der Waals surface area contributed by atoms with Crippen molar-refractivity contribution in [3.05, 3.63) is 30.5 Å².